The Labute approximate surface area is 113 Å². The van der Waals surface area contributed by atoms with Crippen LogP contribution in [0, 0.1) is 5.82 Å². The van der Waals surface area contributed by atoms with Gasteiger partial charge in [-0.25, -0.2) is 4.39 Å². The smallest absolute Gasteiger partial charge is 0.125 e. The van der Waals surface area contributed by atoms with Gasteiger partial charge in [0.15, 0.2) is 0 Å². The van der Waals surface area contributed by atoms with E-state index in [1.54, 1.807) is 6.07 Å². The lowest BCUT2D eigenvalue weighted by Crippen LogP contribution is -2.22. The van der Waals surface area contributed by atoms with Gasteiger partial charge in [0.1, 0.15) is 5.82 Å². The van der Waals surface area contributed by atoms with Gasteiger partial charge in [-0.2, -0.15) is 0 Å². The molecule has 0 radical (unpaired) electrons. The van der Waals surface area contributed by atoms with E-state index in [1.165, 1.54) is 17.7 Å². The van der Waals surface area contributed by atoms with Crippen LogP contribution < -0.4 is 5.73 Å². The van der Waals surface area contributed by atoms with Crippen LogP contribution in [-0.4, -0.2) is 11.4 Å². The van der Waals surface area contributed by atoms with Gasteiger partial charge in [-0.15, -0.1) is 0 Å². The first kappa shape index (κ1) is 13.6. The standard InChI is InChI=1S/C16H19FN2/c1-2-19(11-13-6-4-3-5-7-13)12-14-8-9-15(17)10-16(14)18/h3-10H,2,11-12,18H2,1H3. The zero-order valence-corrected chi connectivity index (χ0v) is 11.1. The van der Waals surface area contributed by atoms with Crippen molar-refractivity contribution in [3.8, 4) is 0 Å². The van der Waals surface area contributed by atoms with Crippen molar-refractivity contribution >= 4 is 5.69 Å². The summed E-state index contributed by atoms with van der Waals surface area (Å²) in [6.07, 6.45) is 0. The van der Waals surface area contributed by atoms with E-state index >= 15 is 0 Å². The number of nitrogens with two attached hydrogens (primary N) is 1. The number of hydrogen-bond donors (Lipinski definition) is 1. The molecule has 0 saturated carbocycles. The molecule has 2 N–H and O–H groups in total. The first-order chi connectivity index (χ1) is 9.19. The Bertz CT molecular complexity index is 526. The monoisotopic (exact) mass is 258 g/mol. The van der Waals surface area contributed by atoms with Gasteiger partial charge in [0.05, 0.1) is 0 Å². The molecule has 0 bridgehead atoms. The van der Waals surface area contributed by atoms with E-state index in [0.717, 1.165) is 25.2 Å². The fourth-order valence-corrected chi connectivity index (χ4v) is 2.07. The van der Waals surface area contributed by atoms with Crippen LogP contribution in [0.3, 0.4) is 0 Å². The van der Waals surface area contributed by atoms with Crippen LogP contribution >= 0.6 is 0 Å². The Morgan fingerprint density at radius 2 is 1.79 bits per heavy atom. The zero-order valence-electron chi connectivity index (χ0n) is 11.1. The predicted octanol–water partition coefficient (Wildman–Crippen LogP) is 3.43. The van der Waals surface area contributed by atoms with Crippen LogP contribution in [0.25, 0.3) is 0 Å². The van der Waals surface area contributed by atoms with E-state index in [2.05, 4.69) is 24.0 Å². The number of nitrogen functional groups attached to an aromatic ring is 1. The van der Waals surface area contributed by atoms with Crippen molar-refractivity contribution < 1.29 is 4.39 Å². The van der Waals surface area contributed by atoms with Gasteiger partial charge < -0.3 is 5.73 Å². The average Bonchev–Trinajstić information content (AvgIpc) is 2.42. The van der Waals surface area contributed by atoms with Crippen molar-refractivity contribution in [2.75, 3.05) is 12.3 Å². The molecule has 0 aliphatic heterocycles. The third kappa shape index (κ3) is 3.80. The highest BCUT2D eigenvalue weighted by atomic mass is 19.1. The molecule has 0 spiro atoms. The number of halogens is 1. The van der Waals surface area contributed by atoms with Crippen molar-refractivity contribution in [2.45, 2.75) is 20.0 Å². The van der Waals surface area contributed by atoms with Crippen molar-refractivity contribution in [3.63, 3.8) is 0 Å². The molecule has 3 heteroatoms. The molecule has 0 atom stereocenters. The first-order valence-corrected chi connectivity index (χ1v) is 6.49. The van der Waals surface area contributed by atoms with Gasteiger partial charge in [0.25, 0.3) is 0 Å². The number of hydrogen-bond acceptors (Lipinski definition) is 2. The Morgan fingerprint density at radius 3 is 2.42 bits per heavy atom. The molecular weight excluding hydrogens is 239 g/mol. The van der Waals surface area contributed by atoms with Crippen LogP contribution in [0.15, 0.2) is 48.5 Å². The van der Waals surface area contributed by atoms with Crippen LogP contribution in [0.4, 0.5) is 10.1 Å². The van der Waals surface area contributed by atoms with E-state index in [0.29, 0.717) is 5.69 Å². The second-order valence-electron chi connectivity index (χ2n) is 4.63. The Kier molecular flexibility index (Phi) is 4.53. The maximum atomic E-state index is 13.0. The molecule has 2 rings (SSSR count). The molecular formula is C16H19FN2. The van der Waals surface area contributed by atoms with Gasteiger partial charge in [-0.1, -0.05) is 43.3 Å². The topological polar surface area (TPSA) is 29.3 Å². The number of anilines is 1. The highest BCUT2D eigenvalue weighted by molar-refractivity contribution is 5.46. The summed E-state index contributed by atoms with van der Waals surface area (Å²) in [5.74, 6) is -0.285. The molecule has 0 amide bonds. The van der Waals surface area contributed by atoms with E-state index < -0.39 is 0 Å². The second kappa shape index (κ2) is 6.34. The van der Waals surface area contributed by atoms with Crippen LogP contribution in [-0.2, 0) is 13.1 Å². The summed E-state index contributed by atoms with van der Waals surface area (Å²) in [5, 5.41) is 0. The minimum Gasteiger partial charge on any atom is -0.398 e. The Morgan fingerprint density at radius 1 is 1.05 bits per heavy atom. The molecule has 100 valence electrons. The normalized spacial score (nSPS) is 10.9. The molecule has 0 aliphatic carbocycles. The molecule has 2 aromatic carbocycles. The molecule has 0 aliphatic rings. The maximum absolute atomic E-state index is 13.0. The lowest BCUT2D eigenvalue weighted by atomic mass is 10.1. The molecule has 2 aromatic rings. The molecule has 0 fully saturated rings. The minimum absolute atomic E-state index is 0.285. The molecule has 2 nitrogen and oxygen atoms in total. The molecule has 0 aromatic heterocycles. The van der Waals surface area contributed by atoms with E-state index in [4.69, 9.17) is 5.73 Å². The SMILES string of the molecule is CCN(Cc1ccccc1)Cc1ccc(F)cc1N. The third-order valence-electron chi connectivity index (χ3n) is 3.20. The summed E-state index contributed by atoms with van der Waals surface area (Å²) >= 11 is 0. The summed E-state index contributed by atoms with van der Waals surface area (Å²) in [7, 11) is 0. The lowest BCUT2D eigenvalue weighted by Gasteiger charge is -2.21. The fraction of sp³-hybridized carbons (Fsp3) is 0.250. The Hall–Kier alpha value is -1.87. The van der Waals surface area contributed by atoms with E-state index in [-0.39, 0.29) is 5.82 Å². The zero-order chi connectivity index (χ0) is 13.7. The predicted molar refractivity (Wildman–Crippen MR) is 77.0 cm³/mol. The van der Waals surface area contributed by atoms with Crippen molar-refractivity contribution in [1.29, 1.82) is 0 Å². The second-order valence-corrected chi connectivity index (χ2v) is 4.63. The van der Waals surface area contributed by atoms with Gasteiger partial charge in [0.2, 0.25) is 0 Å². The van der Waals surface area contributed by atoms with Crippen molar-refractivity contribution in [3.05, 3.63) is 65.5 Å². The van der Waals surface area contributed by atoms with E-state index in [1.807, 2.05) is 18.2 Å². The number of benzene rings is 2. The quantitative estimate of drug-likeness (QED) is 0.832. The summed E-state index contributed by atoms with van der Waals surface area (Å²) in [6, 6.07) is 14.9. The van der Waals surface area contributed by atoms with Crippen LogP contribution in [0.1, 0.15) is 18.1 Å². The maximum Gasteiger partial charge on any atom is 0.125 e. The van der Waals surface area contributed by atoms with Crippen LogP contribution in [0.2, 0.25) is 0 Å². The minimum atomic E-state index is -0.285. The summed E-state index contributed by atoms with van der Waals surface area (Å²) in [6.45, 7) is 4.64. The number of rotatable bonds is 5. The Balaban J connectivity index is 2.06. The van der Waals surface area contributed by atoms with Gasteiger partial charge in [-0.05, 0) is 29.8 Å². The van der Waals surface area contributed by atoms with Gasteiger partial charge in [-0.3, -0.25) is 4.90 Å². The van der Waals surface area contributed by atoms with E-state index in [9.17, 15) is 4.39 Å². The first-order valence-electron chi connectivity index (χ1n) is 6.49. The molecule has 0 unspecified atom stereocenters. The van der Waals surface area contributed by atoms with Gasteiger partial charge >= 0.3 is 0 Å². The van der Waals surface area contributed by atoms with Crippen molar-refractivity contribution in [2.24, 2.45) is 0 Å². The molecule has 0 saturated heterocycles. The van der Waals surface area contributed by atoms with Crippen LogP contribution in [0.5, 0.6) is 0 Å². The summed E-state index contributed by atoms with van der Waals surface area (Å²) in [5.41, 5.74) is 8.61. The highest BCUT2D eigenvalue weighted by Gasteiger charge is 2.07. The fourth-order valence-electron chi connectivity index (χ4n) is 2.07. The molecule has 0 heterocycles. The average molecular weight is 258 g/mol. The highest BCUT2D eigenvalue weighted by Crippen LogP contribution is 2.17. The summed E-state index contributed by atoms with van der Waals surface area (Å²) < 4.78 is 13.0. The third-order valence-corrected chi connectivity index (χ3v) is 3.20. The largest absolute Gasteiger partial charge is 0.398 e. The summed E-state index contributed by atoms with van der Waals surface area (Å²) in [4.78, 5) is 2.28. The number of nitrogens with zero attached hydrogens (tertiary/aromatic N) is 1. The van der Waals surface area contributed by atoms with Gasteiger partial charge in [0, 0.05) is 18.8 Å². The van der Waals surface area contributed by atoms with Crippen molar-refractivity contribution in [1.82, 2.24) is 4.90 Å². The molecule has 19 heavy (non-hydrogen) atoms. The lowest BCUT2D eigenvalue weighted by molar-refractivity contribution is 0.272.